The van der Waals surface area contributed by atoms with Crippen molar-refractivity contribution in [1.29, 1.82) is 0 Å². The maximum atomic E-state index is 13.2. The Morgan fingerprint density at radius 2 is 1.82 bits per heavy atom. The van der Waals surface area contributed by atoms with E-state index in [1.165, 1.54) is 18.3 Å². The number of hydrogen-bond donors (Lipinski definition) is 0. The zero-order valence-corrected chi connectivity index (χ0v) is 15.6. The maximum absolute atomic E-state index is 13.2. The first-order chi connectivity index (χ1) is 13.4. The summed E-state index contributed by atoms with van der Waals surface area (Å²) in [5, 5.41) is 0. The Morgan fingerprint density at radius 1 is 1.11 bits per heavy atom. The predicted molar refractivity (Wildman–Crippen MR) is 99.1 cm³/mol. The third kappa shape index (κ3) is 4.81. The number of esters is 1. The molecule has 1 aromatic carbocycles. The van der Waals surface area contributed by atoms with Crippen molar-refractivity contribution < 1.29 is 22.7 Å². The van der Waals surface area contributed by atoms with Crippen molar-refractivity contribution in [3.8, 4) is 0 Å². The molecule has 0 aliphatic carbocycles. The highest BCUT2D eigenvalue weighted by Crippen LogP contribution is 2.32. The summed E-state index contributed by atoms with van der Waals surface area (Å²) >= 11 is 0. The Bertz CT molecular complexity index is 801. The summed E-state index contributed by atoms with van der Waals surface area (Å²) in [6.07, 6.45) is -2.86. The standard InChI is InChI=1S/C20H22F3N3O2/c1-2-28-19(27)15-7-8-18(24-13-15)26-11-9-25(10-12-26)14-16-5-3-4-6-17(16)20(21,22)23/h3-8,13H,2,9-12,14H2,1H3. The van der Waals surface area contributed by atoms with Gasteiger partial charge >= 0.3 is 12.1 Å². The SMILES string of the molecule is CCOC(=O)c1ccc(N2CCN(Cc3ccccc3C(F)(F)F)CC2)nc1. The molecular weight excluding hydrogens is 371 g/mol. The van der Waals surface area contributed by atoms with E-state index in [1.807, 2.05) is 4.90 Å². The highest BCUT2D eigenvalue weighted by molar-refractivity contribution is 5.89. The molecule has 28 heavy (non-hydrogen) atoms. The Hall–Kier alpha value is -2.61. The van der Waals surface area contributed by atoms with Crippen molar-refractivity contribution in [3.05, 3.63) is 59.3 Å². The largest absolute Gasteiger partial charge is 0.462 e. The molecule has 0 atom stereocenters. The first-order valence-electron chi connectivity index (χ1n) is 9.14. The van der Waals surface area contributed by atoms with Crippen LogP contribution in [0.1, 0.15) is 28.4 Å². The van der Waals surface area contributed by atoms with Crippen molar-refractivity contribution in [2.24, 2.45) is 0 Å². The van der Waals surface area contributed by atoms with Gasteiger partial charge in [0.1, 0.15) is 5.82 Å². The third-order valence-corrected chi connectivity index (χ3v) is 4.67. The molecule has 0 spiro atoms. The van der Waals surface area contributed by atoms with Gasteiger partial charge in [-0.2, -0.15) is 13.2 Å². The van der Waals surface area contributed by atoms with Crippen LogP contribution in [0.4, 0.5) is 19.0 Å². The minimum atomic E-state index is -4.34. The first-order valence-corrected chi connectivity index (χ1v) is 9.14. The lowest BCUT2D eigenvalue weighted by molar-refractivity contribution is -0.138. The van der Waals surface area contributed by atoms with E-state index in [2.05, 4.69) is 9.88 Å². The molecule has 0 bridgehead atoms. The third-order valence-electron chi connectivity index (χ3n) is 4.67. The number of aromatic nitrogens is 1. The van der Waals surface area contributed by atoms with Crippen LogP contribution in [0, 0.1) is 0 Å². The Kier molecular flexibility index (Phi) is 6.18. The molecule has 150 valence electrons. The second kappa shape index (κ2) is 8.60. The normalized spacial score (nSPS) is 15.5. The molecular formula is C20H22F3N3O2. The van der Waals surface area contributed by atoms with Gasteiger partial charge in [-0.3, -0.25) is 4.90 Å². The van der Waals surface area contributed by atoms with Gasteiger partial charge in [0.05, 0.1) is 17.7 Å². The summed E-state index contributed by atoms with van der Waals surface area (Å²) in [5.41, 5.74) is 0.113. The minimum Gasteiger partial charge on any atom is -0.462 e. The van der Waals surface area contributed by atoms with Gasteiger partial charge in [-0.1, -0.05) is 18.2 Å². The van der Waals surface area contributed by atoms with Gasteiger partial charge < -0.3 is 9.64 Å². The van der Waals surface area contributed by atoms with Gasteiger partial charge in [-0.25, -0.2) is 9.78 Å². The van der Waals surface area contributed by atoms with E-state index in [0.717, 1.165) is 11.9 Å². The number of carbonyl (C=O) groups is 1. The Morgan fingerprint density at radius 3 is 2.43 bits per heavy atom. The summed E-state index contributed by atoms with van der Waals surface area (Å²) in [7, 11) is 0. The molecule has 1 saturated heterocycles. The van der Waals surface area contributed by atoms with Crippen molar-refractivity contribution in [1.82, 2.24) is 9.88 Å². The fourth-order valence-electron chi connectivity index (χ4n) is 3.22. The number of halogens is 3. The van der Waals surface area contributed by atoms with Gasteiger partial charge in [0, 0.05) is 38.9 Å². The lowest BCUT2D eigenvalue weighted by Gasteiger charge is -2.35. The van der Waals surface area contributed by atoms with E-state index < -0.39 is 17.7 Å². The highest BCUT2D eigenvalue weighted by atomic mass is 19.4. The molecule has 0 saturated carbocycles. The number of benzene rings is 1. The Balaban J connectivity index is 1.59. The van der Waals surface area contributed by atoms with Crippen LogP contribution in [0.3, 0.4) is 0 Å². The van der Waals surface area contributed by atoms with Crippen LogP contribution >= 0.6 is 0 Å². The van der Waals surface area contributed by atoms with Crippen LogP contribution in [-0.2, 0) is 17.5 Å². The molecule has 1 aliphatic rings. The lowest BCUT2D eigenvalue weighted by atomic mass is 10.1. The van der Waals surface area contributed by atoms with E-state index in [-0.39, 0.29) is 6.54 Å². The molecule has 0 unspecified atom stereocenters. The molecule has 0 radical (unpaired) electrons. The number of pyridine rings is 1. The highest BCUT2D eigenvalue weighted by Gasteiger charge is 2.33. The predicted octanol–water partition coefficient (Wildman–Crippen LogP) is 3.60. The summed E-state index contributed by atoms with van der Waals surface area (Å²) in [6, 6.07) is 9.14. The molecule has 0 N–H and O–H groups in total. The van der Waals surface area contributed by atoms with E-state index in [1.54, 1.807) is 25.1 Å². The molecule has 2 heterocycles. The zero-order chi connectivity index (χ0) is 20.1. The van der Waals surface area contributed by atoms with Crippen LogP contribution in [-0.4, -0.2) is 48.6 Å². The van der Waals surface area contributed by atoms with Gasteiger partial charge in [0.25, 0.3) is 0 Å². The van der Waals surface area contributed by atoms with Crippen molar-refractivity contribution in [2.75, 3.05) is 37.7 Å². The van der Waals surface area contributed by atoms with Crippen molar-refractivity contribution in [2.45, 2.75) is 19.6 Å². The number of nitrogens with zero attached hydrogens (tertiary/aromatic N) is 3. The number of alkyl halides is 3. The average molecular weight is 393 g/mol. The number of piperazine rings is 1. The molecule has 5 nitrogen and oxygen atoms in total. The number of rotatable bonds is 5. The van der Waals surface area contributed by atoms with Crippen LogP contribution in [0.2, 0.25) is 0 Å². The van der Waals surface area contributed by atoms with E-state index >= 15 is 0 Å². The summed E-state index contributed by atoms with van der Waals surface area (Å²) < 4.78 is 44.4. The van der Waals surface area contributed by atoms with Crippen molar-refractivity contribution in [3.63, 3.8) is 0 Å². The molecule has 1 fully saturated rings. The van der Waals surface area contributed by atoms with Gasteiger partial charge in [-0.05, 0) is 30.7 Å². The molecule has 8 heteroatoms. The van der Waals surface area contributed by atoms with Crippen molar-refractivity contribution >= 4 is 11.8 Å². The number of hydrogen-bond acceptors (Lipinski definition) is 5. The number of carbonyl (C=O) groups excluding carboxylic acids is 1. The lowest BCUT2D eigenvalue weighted by Crippen LogP contribution is -2.46. The molecule has 3 rings (SSSR count). The van der Waals surface area contributed by atoms with Gasteiger partial charge in [-0.15, -0.1) is 0 Å². The van der Waals surface area contributed by atoms with E-state index in [9.17, 15) is 18.0 Å². The number of ether oxygens (including phenoxy) is 1. The van der Waals surface area contributed by atoms with Crippen LogP contribution in [0.15, 0.2) is 42.6 Å². The average Bonchev–Trinajstić information content (AvgIpc) is 2.68. The smallest absolute Gasteiger partial charge is 0.416 e. The molecule has 1 aromatic heterocycles. The fourth-order valence-corrected chi connectivity index (χ4v) is 3.22. The van der Waals surface area contributed by atoms with E-state index in [0.29, 0.717) is 43.9 Å². The second-order valence-electron chi connectivity index (χ2n) is 6.54. The summed E-state index contributed by atoms with van der Waals surface area (Å²) in [6.45, 7) is 4.88. The van der Waals surface area contributed by atoms with Crippen LogP contribution in [0.25, 0.3) is 0 Å². The summed E-state index contributed by atoms with van der Waals surface area (Å²) in [5.74, 6) is 0.332. The van der Waals surface area contributed by atoms with Gasteiger partial charge in [0.15, 0.2) is 0 Å². The molecule has 2 aromatic rings. The van der Waals surface area contributed by atoms with E-state index in [4.69, 9.17) is 4.74 Å². The number of anilines is 1. The minimum absolute atomic E-state index is 0.263. The van der Waals surface area contributed by atoms with Gasteiger partial charge in [0.2, 0.25) is 0 Å². The zero-order valence-electron chi connectivity index (χ0n) is 15.6. The van der Waals surface area contributed by atoms with Crippen LogP contribution in [0.5, 0.6) is 0 Å². The van der Waals surface area contributed by atoms with Crippen LogP contribution < -0.4 is 4.90 Å². The molecule has 0 amide bonds. The summed E-state index contributed by atoms with van der Waals surface area (Å²) in [4.78, 5) is 20.1. The topological polar surface area (TPSA) is 45.7 Å². The monoisotopic (exact) mass is 393 g/mol. The fraction of sp³-hybridized carbons (Fsp3) is 0.400. The maximum Gasteiger partial charge on any atom is 0.416 e. The second-order valence-corrected chi connectivity index (χ2v) is 6.54. The Labute approximate surface area is 161 Å². The first kappa shape index (κ1) is 20.1. The quantitative estimate of drug-likeness (QED) is 0.727. The molecule has 1 aliphatic heterocycles.